The van der Waals surface area contributed by atoms with Gasteiger partial charge in [0.05, 0.1) is 17.7 Å². The predicted molar refractivity (Wildman–Crippen MR) is 92.6 cm³/mol. The van der Waals surface area contributed by atoms with Crippen molar-refractivity contribution in [3.05, 3.63) is 53.3 Å². The Hall–Kier alpha value is -3.09. The molecule has 0 saturated carbocycles. The monoisotopic (exact) mass is 353 g/mol. The van der Waals surface area contributed by atoms with Crippen molar-refractivity contribution in [3.63, 3.8) is 0 Å². The van der Waals surface area contributed by atoms with E-state index in [1.807, 2.05) is 12.1 Å². The number of rotatable bonds is 3. The van der Waals surface area contributed by atoms with Crippen molar-refractivity contribution < 1.29 is 19.1 Å². The van der Waals surface area contributed by atoms with Crippen LogP contribution in [0.1, 0.15) is 28.0 Å². The smallest absolute Gasteiger partial charge is 0.274 e. The number of carbonyl (C=O) groups is 2. The molecule has 1 aromatic heterocycles. The number of ether oxygens (including phenoxy) is 2. The van der Waals surface area contributed by atoms with Crippen LogP contribution < -0.4 is 9.47 Å². The maximum absolute atomic E-state index is 12.8. The lowest BCUT2D eigenvalue weighted by Crippen LogP contribution is -2.45. The van der Waals surface area contributed by atoms with Crippen LogP contribution in [0.3, 0.4) is 0 Å². The van der Waals surface area contributed by atoms with E-state index in [9.17, 15) is 9.59 Å². The molecule has 134 valence electrons. The summed E-state index contributed by atoms with van der Waals surface area (Å²) in [6, 6.07) is 8.93. The summed E-state index contributed by atoms with van der Waals surface area (Å²) in [5.41, 5.74) is 2.01. The van der Waals surface area contributed by atoms with E-state index in [1.54, 1.807) is 36.3 Å². The molecule has 4 rings (SSSR count). The summed E-state index contributed by atoms with van der Waals surface area (Å²) in [6.45, 7) is 3.06. The molecule has 0 unspecified atom stereocenters. The van der Waals surface area contributed by atoms with E-state index in [0.717, 1.165) is 12.0 Å². The minimum atomic E-state index is -0.188. The van der Waals surface area contributed by atoms with E-state index >= 15 is 0 Å². The van der Waals surface area contributed by atoms with Crippen molar-refractivity contribution in [3.8, 4) is 11.5 Å². The third kappa shape index (κ3) is 2.96. The third-order valence-corrected chi connectivity index (χ3v) is 4.58. The zero-order valence-corrected chi connectivity index (χ0v) is 14.5. The zero-order chi connectivity index (χ0) is 18.1. The molecule has 0 aliphatic carbocycles. The maximum Gasteiger partial charge on any atom is 0.274 e. The molecule has 2 aromatic rings. The average Bonchev–Trinajstić information content (AvgIpc) is 3.30. The zero-order valence-electron chi connectivity index (χ0n) is 14.5. The van der Waals surface area contributed by atoms with Gasteiger partial charge in [-0.15, -0.1) is 0 Å². The van der Waals surface area contributed by atoms with Gasteiger partial charge in [0.1, 0.15) is 0 Å². The molecule has 26 heavy (non-hydrogen) atoms. The first-order chi connectivity index (χ1) is 12.6. The summed E-state index contributed by atoms with van der Waals surface area (Å²) in [4.78, 5) is 29.8. The lowest BCUT2D eigenvalue weighted by molar-refractivity contribution is -0.139. The Labute approximate surface area is 151 Å². The Bertz CT molecular complexity index is 868. The quantitative estimate of drug-likeness (QED) is 0.843. The Kier molecular flexibility index (Phi) is 4.20. The SMILES string of the molecule is Cc1ncccc1C(=O)N1CCCN1C(=O)Cc1ccc2c(c1)OCO2. The van der Waals surface area contributed by atoms with E-state index in [2.05, 4.69) is 4.98 Å². The predicted octanol–water partition coefficient (Wildman–Crippen LogP) is 1.95. The largest absolute Gasteiger partial charge is 0.454 e. The topological polar surface area (TPSA) is 72.0 Å². The first kappa shape index (κ1) is 16.4. The van der Waals surface area contributed by atoms with E-state index in [0.29, 0.717) is 35.8 Å². The first-order valence-corrected chi connectivity index (χ1v) is 8.56. The summed E-state index contributed by atoms with van der Waals surface area (Å²) in [5.74, 6) is 1.03. The summed E-state index contributed by atoms with van der Waals surface area (Å²) in [6.07, 6.45) is 2.61. The summed E-state index contributed by atoms with van der Waals surface area (Å²) >= 11 is 0. The second-order valence-electron chi connectivity index (χ2n) is 6.30. The van der Waals surface area contributed by atoms with E-state index in [4.69, 9.17) is 9.47 Å². The van der Waals surface area contributed by atoms with Gasteiger partial charge < -0.3 is 9.47 Å². The normalized spacial score (nSPS) is 15.4. The number of aromatic nitrogens is 1. The van der Waals surface area contributed by atoms with Crippen LogP contribution in [0.4, 0.5) is 0 Å². The lowest BCUT2D eigenvalue weighted by Gasteiger charge is -2.28. The molecule has 7 nitrogen and oxygen atoms in total. The Balaban J connectivity index is 1.50. The number of amides is 2. The molecule has 0 N–H and O–H groups in total. The molecule has 2 amide bonds. The van der Waals surface area contributed by atoms with Gasteiger partial charge in [-0.3, -0.25) is 19.6 Å². The summed E-state index contributed by atoms with van der Waals surface area (Å²) in [7, 11) is 0. The number of hydrogen-bond acceptors (Lipinski definition) is 5. The van der Waals surface area contributed by atoms with Gasteiger partial charge in [-0.05, 0) is 43.2 Å². The van der Waals surface area contributed by atoms with Crippen molar-refractivity contribution in [2.24, 2.45) is 0 Å². The molecule has 1 aromatic carbocycles. The summed E-state index contributed by atoms with van der Waals surface area (Å²) < 4.78 is 10.6. The number of benzene rings is 1. The molecule has 7 heteroatoms. The fourth-order valence-electron chi connectivity index (χ4n) is 3.25. The van der Waals surface area contributed by atoms with Gasteiger partial charge in [0.2, 0.25) is 12.7 Å². The minimum Gasteiger partial charge on any atom is -0.454 e. The minimum absolute atomic E-state index is 0.115. The van der Waals surface area contributed by atoms with Gasteiger partial charge in [-0.1, -0.05) is 6.07 Å². The highest BCUT2D eigenvalue weighted by Gasteiger charge is 2.32. The van der Waals surface area contributed by atoms with Crippen LogP contribution in [-0.2, 0) is 11.2 Å². The highest BCUT2D eigenvalue weighted by Crippen LogP contribution is 2.32. The van der Waals surface area contributed by atoms with E-state index in [1.165, 1.54) is 5.01 Å². The number of carbonyl (C=O) groups excluding carboxylic acids is 2. The van der Waals surface area contributed by atoms with Crippen molar-refractivity contribution in [1.82, 2.24) is 15.0 Å². The fourth-order valence-corrected chi connectivity index (χ4v) is 3.25. The number of pyridine rings is 1. The second-order valence-corrected chi connectivity index (χ2v) is 6.30. The van der Waals surface area contributed by atoms with Crippen molar-refractivity contribution in [2.45, 2.75) is 19.8 Å². The highest BCUT2D eigenvalue weighted by molar-refractivity contribution is 5.96. The van der Waals surface area contributed by atoms with Crippen LogP contribution in [0.2, 0.25) is 0 Å². The van der Waals surface area contributed by atoms with Crippen LogP contribution in [0.25, 0.3) is 0 Å². The number of hydrazine groups is 1. The van der Waals surface area contributed by atoms with Crippen LogP contribution >= 0.6 is 0 Å². The fraction of sp³-hybridized carbons (Fsp3) is 0.316. The van der Waals surface area contributed by atoms with Crippen LogP contribution in [0.5, 0.6) is 11.5 Å². The van der Waals surface area contributed by atoms with Crippen LogP contribution in [0, 0.1) is 6.92 Å². The van der Waals surface area contributed by atoms with Crippen LogP contribution in [-0.4, -0.2) is 46.7 Å². The summed E-state index contributed by atoms with van der Waals surface area (Å²) in [5, 5.41) is 3.07. The second kappa shape index (κ2) is 6.67. The molecule has 2 aliphatic heterocycles. The van der Waals surface area contributed by atoms with Crippen molar-refractivity contribution in [1.29, 1.82) is 0 Å². The molecule has 0 bridgehead atoms. The lowest BCUT2D eigenvalue weighted by atomic mass is 10.1. The molecule has 0 radical (unpaired) electrons. The van der Waals surface area contributed by atoms with Gasteiger partial charge in [0.25, 0.3) is 5.91 Å². The molecule has 2 aliphatic rings. The standard InChI is InChI=1S/C19H19N3O4/c1-13-15(4-2-7-20-13)19(24)22-9-3-8-21(22)18(23)11-14-5-6-16-17(10-14)26-12-25-16/h2,4-7,10H,3,8-9,11-12H2,1H3. The Morgan fingerprint density at radius 1 is 1.12 bits per heavy atom. The average molecular weight is 353 g/mol. The Morgan fingerprint density at radius 3 is 2.77 bits per heavy atom. The molecule has 0 atom stereocenters. The first-order valence-electron chi connectivity index (χ1n) is 8.56. The van der Waals surface area contributed by atoms with Crippen LogP contribution in [0.15, 0.2) is 36.5 Å². The van der Waals surface area contributed by atoms with Gasteiger partial charge in [0, 0.05) is 19.3 Å². The van der Waals surface area contributed by atoms with Crippen molar-refractivity contribution >= 4 is 11.8 Å². The van der Waals surface area contributed by atoms with E-state index in [-0.39, 0.29) is 25.0 Å². The molecular weight excluding hydrogens is 334 g/mol. The number of nitrogens with zero attached hydrogens (tertiary/aromatic N) is 3. The highest BCUT2D eigenvalue weighted by atomic mass is 16.7. The number of aryl methyl sites for hydroxylation is 1. The molecule has 1 fully saturated rings. The Morgan fingerprint density at radius 2 is 1.92 bits per heavy atom. The number of fused-ring (bicyclic) bond motifs is 1. The van der Waals surface area contributed by atoms with Gasteiger partial charge in [-0.25, -0.2) is 5.01 Å². The van der Waals surface area contributed by atoms with Gasteiger partial charge >= 0.3 is 0 Å². The molecule has 1 saturated heterocycles. The molecule has 3 heterocycles. The number of hydrogen-bond donors (Lipinski definition) is 0. The third-order valence-electron chi connectivity index (χ3n) is 4.58. The van der Waals surface area contributed by atoms with Gasteiger partial charge in [0.15, 0.2) is 11.5 Å². The van der Waals surface area contributed by atoms with Gasteiger partial charge in [-0.2, -0.15) is 0 Å². The molecular formula is C19H19N3O4. The maximum atomic E-state index is 12.8. The van der Waals surface area contributed by atoms with Crippen molar-refractivity contribution in [2.75, 3.05) is 19.9 Å². The molecule has 0 spiro atoms. The van der Waals surface area contributed by atoms with E-state index < -0.39 is 0 Å².